The standard InChI is InChI=1S/C23H19F3N6O2/c1-14-28-20(32-12-11-27-15(32)2)13-21(29-14)34-17-9-7-16(8-10-17)30-22(33)31-19-6-4-3-5-18(19)23(24,25)26/h3-13H,1-2H3,(H2,30,31,33). The number of aromatic nitrogens is 4. The van der Waals surface area contributed by atoms with Crippen molar-refractivity contribution in [3.05, 3.63) is 84.2 Å². The summed E-state index contributed by atoms with van der Waals surface area (Å²) in [6.07, 6.45) is -1.14. The van der Waals surface area contributed by atoms with Crippen molar-refractivity contribution in [2.24, 2.45) is 0 Å². The number of hydrogen-bond acceptors (Lipinski definition) is 5. The van der Waals surface area contributed by atoms with Crippen LogP contribution in [0.5, 0.6) is 11.6 Å². The third-order valence-electron chi connectivity index (χ3n) is 4.69. The number of alkyl halides is 3. The molecule has 2 heterocycles. The first kappa shape index (κ1) is 22.8. The van der Waals surface area contributed by atoms with Gasteiger partial charge in [0.2, 0.25) is 5.88 Å². The topological polar surface area (TPSA) is 94.0 Å². The number of anilines is 2. The molecule has 8 nitrogen and oxygen atoms in total. The number of amides is 2. The van der Waals surface area contributed by atoms with Crippen LogP contribution in [0.15, 0.2) is 67.0 Å². The van der Waals surface area contributed by atoms with Gasteiger partial charge in [-0.15, -0.1) is 0 Å². The number of carbonyl (C=O) groups is 1. The Morgan fingerprint density at radius 3 is 2.41 bits per heavy atom. The summed E-state index contributed by atoms with van der Waals surface area (Å²) < 4.78 is 46.9. The molecule has 0 fully saturated rings. The first-order chi connectivity index (χ1) is 16.2. The van der Waals surface area contributed by atoms with Crippen LogP contribution < -0.4 is 15.4 Å². The van der Waals surface area contributed by atoms with Crippen LogP contribution in [0.25, 0.3) is 5.82 Å². The molecule has 0 bridgehead atoms. The highest BCUT2D eigenvalue weighted by molar-refractivity contribution is 6.00. The van der Waals surface area contributed by atoms with E-state index < -0.39 is 17.8 Å². The van der Waals surface area contributed by atoms with E-state index in [0.717, 1.165) is 11.9 Å². The molecule has 0 saturated heterocycles. The summed E-state index contributed by atoms with van der Waals surface area (Å²) in [5.74, 6) is 2.63. The Morgan fingerprint density at radius 2 is 1.74 bits per heavy atom. The van der Waals surface area contributed by atoms with Gasteiger partial charge in [0.1, 0.15) is 23.2 Å². The number of benzene rings is 2. The highest BCUT2D eigenvalue weighted by atomic mass is 19.4. The number of imidazole rings is 1. The summed E-state index contributed by atoms with van der Waals surface area (Å²) in [4.78, 5) is 25.0. The predicted molar refractivity (Wildman–Crippen MR) is 119 cm³/mol. The summed E-state index contributed by atoms with van der Waals surface area (Å²) >= 11 is 0. The zero-order chi connectivity index (χ0) is 24.3. The molecule has 2 aromatic heterocycles. The zero-order valence-corrected chi connectivity index (χ0v) is 18.1. The lowest BCUT2D eigenvalue weighted by molar-refractivity contribution is -0.136. The summed E-state index contributed by atoms with van der Waals surface area (Å²) in [7, 11) is 0. The summed E-state index contributed by atoms with van der Waals surface area (Å²) in [5, 5.41) is 4.72. The molecule has 0 unspecified atom stereocenters. The molecular formula is C23H19F3N6O2. The highest BCUT2D eigenvalue weighted by Crippen LogP contribution is 2.34. The Balaban J connectivity index is 1.43. The number of hydrogen-bond donors (Lipinski definition) is 2. The van der Waals surface area contributed by atoms with Gasteiger partial charge in [-0.3, -0.25) is 4.57 Å². The maximum Gasteiger partial charge on any atom is 0.418 e. The van der Waals surface area contributed by atoms with Gasteiger partial charge in [-0.1, -0.05) is 12.1 Å². The second kappa shape index (κ2) is 9.22. The average Bonchev–Trinajstić information content (AvgIpc) is 3.20. The first-order valence-corrected chi connectivity index (χ1v) is 10.1. The number of nitrogens with one attached hydrogen (secondary N) is 2. The summed E-state index contributed by atoms with van der Waals surface area (Å²) in [6.45, 7) is 3.59. The van der Waals surface area contributed by atoms with Crippen LogP contribution in [-0.4, -0.2) is 25.6 Å². The van der Waals surface area contributed by atoms with Crippen molar-refractivity contribution in [1.29, 1.82) is 0 Å². The minimum Gasteiger partial charge on any atom is -0.439 e. The largest absolute Gasteiger partial charge is 0.439 e. The van der Waals surface area contributed by atoms with Gasteiger partial charge in [-0.2, -0.15) is 18.2 Å². The van der Waals surface area contributed by atoms with Crippen molar-refractivity contribution >= 4 is 17.4 Å². The van der Waals surface area contributed by atoms with Crippen molar-refractivity contribution in [1.82, 2.24) is 19.5 Å². The number of para-hydroxylation sites is 1. The molecule has 4 rings (SSSR count). The van der Waals surface area contributed by atoms with Crippen LogP contribution in [0, 0.1) is 13.8 Å². The van der Waals surface area contributed by atoms with Gasteiger partial charge in [0, 0.05) is 24.1 Å². The van der Waals surface area contributed by atoms with Crippen LogP contribution in [0.3, 0.4) is 0 Å². The van der Waals surface area contributed by atoms with Crippen molar-refractivity contribution in [2.45, 2.75) is 20.0 Å². The molecule has 0 radical (unpaired) electrons. The molecule has 34 heavy (non-hydrogen) atoms. The molecule has 4 aromatic rings. The van der Waals surface area contributed by atoms with Gasteiger partial charge < -0.3 is 15.4 Å². The Labute approximate surface area is 192 Å². The van der Waals surface area contributed by atoms with Crippen LogP contribution in [0.4, 0.5) is 29.3 Å². The van der Waals surface area contributed by atoms with E-state index in [-0.39, 0.29) is 5.69 Å². The number of nitrogens with zero attached hydrogens (tertiary/aromatic N) is 4. The average molecular weight is 468 g/mol. The van der Waals surface area contributed by atoms with Crippen LogP contribution in [0.2, 0.25) is 0 Å². The minimum atomic E-state index is -4.58. The number of aryl methyl sites for hydroxylation is 2. The Hall–Kier alpha value is -4.41. The van der Waals surface area contributed by atoms with Gasteiger partial charge in [0.05, 0.1) is 11.3 Å². The lowest BCUT2D eigenvalue weighted by Gasteiger charge is -2.14. The fourth-order valence-electron chi connectivity index (χ4n) is 3.17. The second-order valence-corrected chi connectivity index (χ2v) is 7.20. The van der Waals surface area contributed by atoms with Crippen molar-refractivity contribution in [3.8, 4) is 17.4 Å². The van der Waals surface area contributed by atoms with Gasteiger partial charge in [0.15, 0.2) is 0 Å². The van der Waals surface area contributed by atoms with E-state index in [1.807, 2.05) is 6.92 Å². The molecular weight excluding hydrogens is 449 g/mol. The van der Waals surface area contributed by atoms with E-state index in [1.165, 1.54) is 18.2 Å². The monoisotopic (exact) mass is 468 g/mol. The van der Waals surface area contributed by atoms with E-state index >= 15 is 0 Å². The second-order valence-electron chi connectivity index (χ2n) is 7.20. The fraction of sp³-hybridized carbons (Fsp3) is 0.130. The Bertz CT molecular complexity index is 1320. The molecule has 0 atom stereocenters. The highest BCUT2D eigenvalue weighted by Gasteiger charge is 2.33. The number of urea groups is 1. The van der Waals surface area contributed by atoms with E-state index in [1.54, 1.807) is 54.2 Å². The van der Waals surface area contributed by atoms with Gasteiger partial charge >= 0.3 is 12.2 Å². The van der Waals surface area contributed by atoms with Crippen LogP contribution in [-0.2, 0) is 6.18 Å². The minimum absolute atomic E-state index is 0.317. The quantitative estimate of drug-likeness (QED) is 0.390. The number of rotatable bonds is 5. The molecule has 2 amide bonds. The molecule has 11 heteroatoms. The van der Waals surface area contributed by atoms with Gasteiger partial charge in [-0.05, 0) is 50.2 Å². The maximum absolute atomic E-state index is 13.1. The van der Waals surface area contributed by atoms with Crippen molar-refractivity contribution < 1.29 is 22.7 Å². The normalized spacial score (nSPS) is 11.2. The fourth-order valence-corrected chi connectivity index (χ4v) is 3.17. The van der Waals surface area contributed by atoms with E-state index in [0.29, 0.717) is 29.0 Å². The van der Waals surface area contributed by atoms with Gasteiger partial charge in [-0.25, -0.2) is 14.8 Å². The van der Waals surface area contributed by atoms with Crippen molar-refractivity contribution in [3.63, 3.8) is 0 Å². The summed E-state index contributed by atoms with van der Waals surface area (Å²) in [6, 6.07) is 11.9. The van der Waals surface area contributed by atoms with Crippen molar-refractivity contribution in [2.75, 3.05) is 10.6 Å². The van der Waals surface area contributed by atoms with E-state index in [4.69, 9.17) is 4.74 Å². The Kier molecular flexibility index (Phi) is 6.17. The number of carbonyl (C=O) groups excluding carboxylic acids is 1. The first-order valence-electron chi connectivity index (χ1n) is 10.1. The van der Waals surface area contributed by atoms with E-state index in [9.17, 15) is 18.0 Å². The molecule has 0 aliphatic heterocycles. The SMILES string of the molecule is Cc1nc(Oc2ccc(NC(=O)Nc3ccccc3C(F)(F)F)cc2)cc(-n2ccnc2C)n1. The lowest BCUT2D eigenvalue weighted by atomic mass is 10.1. The molecule has 0 aliphatic carbocycles. The molecule has 2 aromatic carbocycles. The van der Waals surface area contributed by atoms with Crippen LogP contribution in [0.1, 0.15) is 17.2 Å². The molecule has 0 spiro atoms. The van der Waals surface area contributed by atoms with Crippen LogP contribution >= 0.6 is 0 Å². The lowest BCUT2D eigenvalue weighted by Crippen LogP contribution is -2.21. The molecule has 0 aliphatic rings. The predicted octanol–water partition coefficient (Wildman–Crippen LogP) is 5.73. The maximum atomic E-state index is 13.1. The number of halogens is 3. The third kappa shape index (κ3) is 5.31. The smallest absolute Gasteiger partial charge is 0.418 e. The Morgan fingerprint density at radius 1 is 1.00 bits per heavy atom. The van der Waals surface area contributed by atoms with Gasteiger partial charge in [0.25, 0.3) is 0 Å². The molecule has 0 saturated carbocycles. The third-order valence-corrected chi connectivity index (χ3v) is 4.69. The number of ether oxygens (including phenoxy) is 1. The van der Waals surface area contributed by atoms with E-state index in [2.05, 4.69) is 25.6 Å². The summed E-state index contributed by atoms with van der Waals surface area (Å²) in [5.41, 5.74) is -0.905. The zero-order valence-electron chi connectivity index (χ0n) is 18.1. The molecule has 2 N–H and O–H groups in total. The molecule has 174 valence electrons.